The van der Waals surface area contributed by atoms with Gasteiger partial charge in [-0.15, -0.1) is 0 Å². The Balaban J connectivity index is 1.96. The van der Waals surface area contributed by atoms with Gasteiger partial charge < -0.3 is 5.32 Å². The standard InChI is InChI=1S/C14H10ClFN2S/c1-8-6-10(16)3-5-11(8)17-14-18-12-4-2-9(15)7-13(12)19-14/h2-7H,1H3,(H,17,18). The molecule has 1 aromatic heterocycles. The fourth-order valence-corrected chi connectivity index (χ4v) is 2.99. The van der Waals surface area contributed by atoms with Crippen molar-refractivity contribution >= 4 is 44.0 Å². The second-order valence-electron chi connectivity index (χ2n) is 4.22. The molecule has 0 atom stereocenters. The first-order valence-electron chi connectivity index (χ1n) is 5.71. The fraction of sp³-hybridized carbons (Fsp3) is 0.0714. The lowest BCUT2D eigenvalue weighted by Crippen LogP contribution is -1.92. The molecule has 0 radical (unpaired) electrons. The van der Waals surface area contributed by atoms with Crippen molar-refractivity contribution in [1.29, 1.82) is 0 Å². The number of rotatable bonds is 2. The third kappa shape index (κ3) is 2.55. The molecule has 1 N–H and O–H groups in total. The zero-order chi connectivity index (χ0) is 13.4. The van der Waals surface area contributed by atoms with Gasteiger partial charge in [0.05, 0.1) is 10.2 Å². The summed E-state index contributed by atoms with van der Waals surface area (Å²) in [6.07, 6.45) is 0. The number of benzene rings is 2. The molecule has 3 rings (SSSR count). The summed E-state index contributed by atoms with van der Waals surface area (Å²) in [6.45, 7) is 1.86. The molecule has 0 aliphatic rings. The maximum Gasteiger partial charge on any atom is 0.188 e. The Bertz CT molecular complexity index is 754. The predicted molar refractivity (Wildman–Crippen MR) is 79.0 cm³/mol. The normalized spacial score (nSPS) is 10.9. The first kappa shape index (κ1) is 12.4. The maximum atomic E-state index is 13.0. The van der Waals surface area contributed by atoms with Gasteiger partial charge in [-0.3, -0.25) is 0 Å². The van der Waals surface area contributed by atoms with Crippen LogP contribution in [-0.2, 0) is 0 Å². The highest BCUT2D eigenvalue weighted by Gasteiger charge is 2.06. The van der Waals surface area contributed by atoms with Crippen LogP contribution >= 0.6 is 22.9 Å². The molecule has 0 bridgehead atoms. The van der Waals surface area contributed by atoms with E-state index >= 15 is 0 Å². The van der Waals surface area contributed by atoms with Crippen LogP contribution in [0.15, 0.2) is 36.4 Å². The van der Waals surface area contributed by atoms with Gasteiger partial charge in [0, 0.05) is 10.7 Å². The summed E-state index contributed by atoms with van der Waals surface area (Å²) < 4.78 is 14.1. The topological polar surface area (TPSA) is 24.9 Å². The highest BCUT2D eigenvalue weighted by Crippen LogP contribution is 2.31. The third-order valence-electron chi connectivity index (χ3n) is 2.78. The molecular formula is C14H10ClFN2S. The minimum atomic E-state index is -0.237. The number of nitrogens with one attached hydrogen (secondary N) is 1. The summed E-state index contributed by atoms with van der Waals surface area (Å²) in [4.78, 5) is 4.47. The monoisotopic (exact) mass is 292 g/mol. The molecule has 1 heterocycles. The van der Waals surface area contributed by atoms with E-state index in [0.717, 1.165) is 26.6 Å². The van der Waals surface area contributed by atoms with Gasteiger partial charge in [0.2, 0.25) is 0 Å². The van der Waals surface area contributed by atoms with Crippen LogP contribution in [-0.4, -0.2) is 4.98 Å². The minimum absolute atomic E-state index is 0.237. The number of hydrogen-bond donors (Lipinski definition) is 1. The van der Waals surface area contributed by atoms with E-state index in [2.05, 4.69) is 10.3 Å². The molecule has 2 aromatic carbocycles. The molecule has 0 saturated heterocycles. The van der Waals surface area contributed by atoms with Gasteiger partial charge in [-0.25, -0.2) is 9.37 Å². The molecule has 5 heteroatoms. The molecular weight excluding hydrogens is 283 g/mol. The molecule has 3 aromatic rings. The number of aromatic nitrogens is 1. The van der Waals surface area contributed by atoms with Gasteiger partial charge in [-0.1, -0.05) is 22.9 Å². The number of anilines is 2. The van der Waals surface area contributed by atoms with Crippen molar-refractivity contribution in [3.05, 3.63) is 52.8 Å². The maximum absolute atomic E-state index is 13.0. The second-order valence-corrected chi connectivity index (χ2v) is 5.68. The quantitative estimate of drug-likeness (QED) is 0.707. The molecule has 0 aliphatic heterocycles. The van der Waals surface area contributed by atoms with E-state index in [4.69, 9.17) is 11.6 Å². The Hall–Kier alpha value is -1.65. The number of nitrogens with zero attached hydrogens (tertiary/aromatic N) is 1. The molecule has 96 valence electrons. The minimum Gasteiger partial charge on any atom is -0.331 e. The summed E-state index contributed by atoms with van der Waals surface area (Å²) in [7, 11) is 0. The van der Waals surface area contributed by atoms with E-state index < -0.39 is 0 Å². The first-order chi connectivity index (χ1) is 9.11. The Kier molecular flexibility index (Phi) is 3.12. The van der Waals surface area contributed by atoms with E-state index in [9.17, 15) is 4.39 Å². The number of halogens is 2. The zero-order valence-electron chi connectivity index (χ0n) is 10.1. The molecule has 0 amide bonds. The van der Waals surface area contributed by atoms with Crippen molar-refractivity contribution < 1.29 is 4.39 Å². The SMILES string of the molecule is Cc1cc(F)ccc1Nc1nc2ccc(Cl)cc2s1. The number of aryl methyl sites for hydroxylation is 1. The van der Waals surface area contributed by atoms with E-state index in [-0.39, 0.29) is 5.82 Å². The largest absolute Gasteiger partial charge is 0.331 e. The molecule has 0 aliphatic carbocycles. The summed E-state index contributed by atoms with van der Waals surface area (Å²) in [5, 5.41) is 4.67. The molecule has 2 nitrogen and oxygen atoms in total. The van der Waals surface area contributed by atoms with Crippen molar-refractivity contribution in [1.82, 2.24) is 4.98 Å². The van der Waals surface area contributed by atoms with Crippen LogP contribution in [0.5, 0.6) is 0 Å². The van der Waals surface area contributed by atoms with E-state index in [0.29, 0.717) is 5.02 Å². The summed E-state index contributed by atoms with van der Waals surface area (Å²) in [5.74, 6) is -0.237. The van der Waals surface area contributed by atoms with Crippen LogP contribution in [0.4, 0.5) is 15.2 Å². The summed E-state index contributed by atoms with van der Waals surface area (Å²) in [6, 6.07) is 10.2. The van der Waals surface area contributed by atoms with Crippen molar-refractivity contribution in [2.75, 3.05) is 5.32 Å². The highest BCUT2D eigenvalue weighted by atomic mass is 35.5. The third-order valence-corrected chi connectivity index (χ3v) is 3.95. The van der Waals surface area contributed by atoms with Crippen LogP contribution < -0.4 is 5.32 Å². The first-order valence-corrected chi connectivity index (χ1v) is 6.90. The van der Waals surface area contributed by atoms with Crippen molar-refractivity contribution in [3.63, 3.8) is 0 Å². The van der Waals surface area contributed by atoms with Gasteiger partial charge in [-0.05, 0) is 48.9 Å². The lowest BCUT2D eigenvalue weighted by molar-refractivity contribution is 0.627. The average molecular weight is 293 g/mol. The lowest BCUT2D eigenvalue weighted by Gasteiger charge is -2.05. The molecule has 0 fully saturated rings. The second kappa shape index (κ2) is 4.79. The van der Waals surface area contributed by atoms with Crippen LogP contribution in [0, 0.1) is 12.7 Å². The van der Waals surface area contributed by atoms with Gasteiger partial charge >= 0.3 is 0 Å². The van der Waals surface area contributed by atoms with Gasteiger partial charge in [0.1, 0.15) is 5.82 Å². The van der Waals surface area contributed by atoms with Crippen molar-refractivity contribution in [3.8, 4) is 0 Å². The Morgan fingerprint density at radius 1 is 1.21 bits per heavy atom. The molecule has 0 unspecified atom stereocenters. The summed E-state index contributed by atoms with van der Waals surface area (Å²) >= 11 is 7.47. The van der Waals surface area contributed by atoms with Gasteiger partial charge in [0.25, 0.3) is 0 Å². The Morgan fingerprint density at radius 3 is 2.84 bits per heavy atom. The van der Waals surface area contributed by atoms with E-state index in [1.807, 2.05) is 25.1 Å². The van der Waals surface area contributed by atoms with Crippen molar-refractivity contribution in [2.24, 2.45) is 0 Å². The molecule has 0 spiro atoms. The number of hydrogen-bond acceptors (Lipinski definition) is 3. The van der Waals surface area contributed by atoms with Gasteiger partial charge in [0.15, 0.2) is 5.13 Å². The molecule has 0 saturated carbocycles. The van der Waals surface area contributed by atoms with Crippen LogP contribution in [0.2, 0.25) is 5.02 Å². The van der Waals surface area contributed by atoms with Crippen molar-refractivity contribution in [2.45, 2.75) is 6.92 Å². The fourth-order valence-electron chi connectivity index (χ4n) is 1.83. The predicted octanol–water partition coefficient (Wildman–Crippen LogP) is 5.14. The zero-order valence-corrected chi connectivity index (χ0v) is 11.6. The van der Waals surface area contributed by atoms with Gasteiger partial charge in [-0.2, -0.15) is 0 Å². The van der Waals surface area contributed by atoms with E-state index in [1.54, 1.807) is 6.07 Å². The number of fused-ring (bicyclic) bond motifs is 1. The van der Waals surface area contributed by atoms with Crippen LogP contribution in [0.1, 0.15) is 5.56 Å². The molecule has 19 heavy (non-hydrogen) atoms. The average Bonchev–Trinajstić information content (AvgIpc) is 2.74. The number of thiazole rings is 1. The summed E-state index contributed by atoms with van der Waals surface area (Å²) in [5.41, 5.74) is 2.60. The van der Waals surface area contributed by atoms with Crippen LogP contribution in [0.3, 0.4) is 0 Å². The highest BCUT2D eigenvalue weighted by molar-refractivity contribution is 7.22. The smallest absolute Gasteiger partial charge is 0.188 e. The van der Waals surface area contributed by atoms with E-state index in [1.165, 1.54) is 23.5 Å². The lowest BCUT2D eigenvalue weighted by atomic mass is 10.2. The van der Waals surface area contributed by atoms with Crippen LogP contribution in [0.25, 0.3) is 10.2 Å². The Morgan fingerprint density at radius 2 is 2.05 bits per heavy atom. The Labute approximate surface area is 118 Å².